The molecule has 0 radical (unpaired) electrons. The first kappa shape index (κ1) is 14.5. The first-order valence-corrected chi connectivity index (χ1v) is 7.18. The minimum absolute atomic E-state index is 0.0586. The van der Waals surface area contributed by atoms with Crippen molar-refractivity contribution in [1.29, 1.82) is 0 Å². The Bertz CT molecular complexity index is 563. The molecule has 0 saturated carbocycles. The Kier molecular flexibility index (Phi) is 4.58. The van der Waals surface area contributed by atoms with Crippen molar-refractivity contribution < 1.29 is 4.39 Å². The second-order valence-corrected chi connectivity index (χ2v) is 6.19. The largest absolute Gasteiger partial charge is 0.271 e. The molecule has 0 aliphatic rings. The van der Waals surface area contributed by atoms with E-state index in [0.29, 0.717) is 6.42 Å². The minimum Gasteiger partial charge on any atom is -0.271 e. The molecule has 0 aliphatic carbocycles. The van der Waals surface area contributed by atoms with Crippen molar-refractivity contribution in [3.05, 3.63) is 56.0 Å². The van der Waals surface area contributed by atoms with Crippen molar-refractivity contribution in [3.63, 3.8) is 0 Å². The van der Waals surface area contributed by atoms with Gasteiger partial charge in [-0.1, -0.05) is 23.7 Å². The molecule has 5 heteroatoms. The van der Waals surface area contributed by atoms with Crippen LogP contribution < -0.4 is 11.3 Å². The molecule has 1 aromatic heterocycles. The Hall–Kier alpha value is -0.940. The van der Waals surface area contributed by atoms with Gasteiger partial charge in [0.15, 0.2) is 0 Å². The summed E-state index contributed by atoms with van der Waals surface area (Å²) in [6.45, 7) is 4.14. The van der Waals surface area contributed by atoms with E-state index >= 15 is 0 Å². The number of halogens is 2. The third-order valence-corrected chi connectivity index (χ3v) is 4.87. The summed E-state index contributed by atoms with van der Waals surface area (Å²) < 4.78 is 13.4. The molecule has 1 heterocycles. The molecule has 0 spiro atoms. The number of hydrazine groups is 1. The zero-order valence-electron chi connectivity index (χ0n) is 10.8. The number of hydrogen-bond donors (Lipinski definition) is 2. The summed E-state index contributed by atoms with van der Waals surface area (Å²) in [5, 5.41) is 0.174. The highest BCUT2D eigenvalue weighted by Gasteiger charge is 2.16. The van der Waals surface area contributed by atoms with Crippen LogP contribution in [-0.4, -0.2) is 0 Å². The summed E-state index contributed by atoms with van der Waals surface area (Å²) in [7, 11) is 0. The van der Waals surface area contributed by atoms with Gasteiger partial charge in [-0.3, -0.25) is 11.3 Å². The van der Waals surface area contributed by atoms with Crippen molar-refractivity contribution in [2.45, 2.75) is 26.3 Å². The number of benzene rings is 1. The third-order valence-electron chi connectivity index (χ3n) is 3.19. The van der Waals surface area contributed by atoms with E-state index in [-0.39, 0.29) is 11.1 Å². The molecule has 19 heavy (non-hydrogen) atoms. The normalized spacial score (nSPS) is 12.7. The third kappa shape index (κ3) is 3.15. The molecule has 0 saturated heterocycles. The van der Waals surface area contributed by atoms with Crippen molar-refractivity contribution in [3.8, 4) is 0 Å². The van der Waals surface area contributed by atoms with E-state index in [1.165, 1.54) is 16.5 Å². The summed E-state index contributed by atoms with van der Waals surface area (Å²) in [6.07, 6.45) is 0.562. The average molecular weight is 299 g/mol. The maximum absolute atomic E-state index is 13.4. The van der Waals surface area contributed by atoms with Crippen LogP contribution in [0.25, 0.3) is 0 Å². The van der Waals surface area contributed by atoms with Gasteiger partial charge in [0.25, 0.3) is 0 Å². The predicted molar refractivity (Wildman–Crippen MR) is 79.0 cm³/mol. The van der Waals surface area contributed by atoms with Crippen molar-refractivity contribution in [2.75, 3.05) is 0 Å². The van der Waals surface area contributed by atoms with E-state index in [0.717, 1.165) is 10.4 Å². The smallest absolute Gasteiger partial charge is 0.142 e. The predicted octanol–water partition coefficient (Wildman–Crippen LogP) is 3.90. The minimum atomic E-state index is -0.395. The summed E-state index contributed by atoms with van der Waals surface area (Å²) in [4.78, 5) is 2.40. The lowest BCUT2D eigenvalue weighted by Crippen LogP contribution is -2.29. The van der Waals surface area contributed by atoms with Crippen molar-refractivity contribution in [1.82, 2.24) is 5.43 Å². The van der Waals surface area contributed by atoms with Crippen LogP contribution in [0.15, 0.2) is 24.3 Å². The highest BCUT2D eigenvalue weighted by molar-refractivity contribution is 7.12. The molecule has 3 N–H and O–H groups in total. The topological polar surface area (TPSA) is 38.0 Å². The second-order valence-electron chi connectivity index (χ2n) is 4.52. The van der Waals surface area contributed by atoms with Gasteiger partial charge in [-0.15, -0.1) is 11.3 Å². The molecule has 2 nitrogen and oxygen atoms in total. The maximum atomic E-state index is 13.4. The first-order chi connectivity index (χ1) is 9.02. The van der Waals surface area contributed by atoms with E-state index in [1.54, 1.807) is 17.4 Å². The van der Waals surface area contributed by atoms with Gasteiger partial charge in [0.1, 0.15) is 5.82 Å². The standard InChI is InChI=1S/C14H16ClFN2S/c1-8-6-13(19-9(8)2)12(18-17)7-10-4-3-5-11(16)14(10)15/h3-6,12,18H,7,17H2,1-2H3. The molecule has 0 bridgehead atoms. The van der Waals surface area contributed by atoms with Gasteiger partial charge in [-0.2, -0.15) is 0 Å². The summed E-state index contributed by atoms with van der Waals surface area (Å²) >= 11 is 7.68. The van der Waals surface area contributed by atoms with Gasteiger partial charge in [-0.25, -0.2) is 4.39 Å². The number of hydrogen-bond acceptors (Lipinski definition) is 3. The van der Waals surface area contributed by atoms with E-state index in [2.05, 4.69) is 25.3 Å². The zero-order chi connectivity index (χ0) is 14.0. The molecule has 102 valence electrons. The Labute approximate surface area is 121 Å². The fourth-order valence-corrected chi connectivity index (χ4v) is 3.25. The average Bonchev–Trinajstić information content (AvgIpc) is 2.71. The molecule has 0 amide bonds. The van der Waals surface area contributed by atoms with Crippen LogP contribution in [-0.2, 0) is 6.42 Å². The van der Waals surface area contributed by atoms with Crippen LogP contribution >= 0.6 is 22.9 Å². The van der Waals surface area contributed by atoms with Crippen LogP contribution in [0.3, 0.4) is 0 Å². The van der Waals surface area contributed by atoms with Gasteiger partial charge in [-0.05, 0) is 43.5 Å². The molecule has 0 fully saturated rings. The van der Waals surface area contributed by atoms with E-state index < -0.39 is 5.82 Å². The van der Waals surface area contributed by atoms with Crippen LogP contribution in [0.4, 0.5) is 4.39 Å². The molecule has 1 unspecified atom stereocenters. The van der Waals surface area contributed by atoms with Crippen molar-refractivity contribution in [2.24, 2.45) is 5.84 Å². The number of nitrogens with one attached hydrogen (secondary N) is 1. The van der Waals surface area contributed by atoms with Crippen LogP contribution in [0, 0.1) is 19.7 Å². The number of rotatable bonds is 4. The molecule has 1 atom stereocenters. The quantitative estimate of drug-likeness (QED) is 0.663. The fourth-order valence-electron chi connectivity index (χ4n) is 1.94. The van der Waals surface area contributed by atoms with Crippen LogP contribution in [0.1, 0.15) is 26.9 Å². The zero-order valence-corrected chi connectivity index (χ0v) is 12.4. The summed E-state index contributed by atoms with van der Waals surface area (Å²) in [5.74, 6) is 5.23. The van der Waals surface area contributed by atoms with Gasteiger partial charge < -0.3 is 0 Å². The van der Waals surface area contributed by atoms with Gasteiger partial charge in [0.05, 0.1) is 11.1 Å². The lowest BCUT2D eigenvalue weighted by Gasteiger charge is -2.15. The Morgan fingerprint density at radius 1 is 1.42 bits per heavy atom. The maximum Gasteiger partial charge on any atom is 0.142 e. The Balaban J connectivity index is 2.26. The molecule has 0 aliphatic heterocycles. The van der Waals surface area contributed by atoms with Gasteiger partial charge >= 0.3 is 0 Å². The highest BCUT2D eigenvalue weighted by atomic mass is 35.5. The van der Waals surface area contributed by atoms with Crippen LogP contribution in [0.5, 0.6) is 0 Å². The lowest BCUT2D eigenvalue weighted by atomic mass is 10.0. The molecule has 2 aromatic rings. The molecule has 2 rings (SSSR count). The van der Waals surface area contributed by atoms with Gasteiger partial charge in [0, 0.05) is 9.75 Å². The van der Waals surface area contributed by atoms with Crippen molar-refractivity contribution >= 4 is 22.9 Å². The second kappa shape index (κ2) is 6.01. The Morgan fingerprint density at radius 2 is 2.16 bits per heavy atom. The fraction of sp³-hybridized carbons (Fsp3) is 0.286. The molecular weight excluding hydrogens is 283 g/mol. The number of aryl methyl sites for hydroxylation is 2. The van der Waals surface area contributed by atoms with E-state index in [1.807, 2.05) is 6.07 Å². The van der Waals surface area contributed by atoms with E-state index in [9.17, 15) is 4.39 Å². The molecular formula is C14H16ClFN2S. The first-order valence-electron chi connectivity index (χ1n) is 5.99. The lowest BCUT2D eigenvalue weighted by molar-refractivity contribution is 0.556. The van der Waals surface area contributed by atoms with Crippen LogP contribution in [0.2, 0.25) is 5.02 Å². The van der Waals surface area contributed by atoms with Gasteiger partial charge in [0.2, 0.25) is 0 Å². The highest BCUT2D eigenvalue weighted by Crippen LogP contribution is 2.30. The monoisotopic (exact) mass is 298 g/mol. The number of thiophene rings is 1. The summed E-state index contributed by atoms with van der Waals surface area (Å²) in [5.41, 5.74) is 4.78. The molecule has 1 aromatic carbocycles. The SMILES string of the molecule is Cc1cc(C(Cc2cccc(F)c2Cl)NN)sc1C. The Morgan fingerprint density at radius 3 is 2.74 bits per heavy atom. The number of nitrogens with two attached hydrogens (primary N) is 1. The van der Waals surface area contributed by atoms with E-state index in [4.69, 9.17) is 17.4 Å². The summed E-state index contributed by atoms with van der Waals surface area (Å²) in [6, 6.07) is 6.89.